The van der Waals surface area contributed by atoms with Crippen LogP contribution in [0.1, 0.15) is 10.4 Å². The van der Waals surface area contributed by atoms with E-state index in [0.717, 1.165) is 0 Å². The van der Waals surface area contributed by atoms with Gasteiger partial charge in [0.1, 0.15) is 11.0 Å². The third kappa shape index (κ3) is 3.17. The molecule has 8 heteroatoms. The molecule has 0 aliphatic rings. The zero-order chi connectivity index (χ0) is 13.0. The minimum atomic E-state index is -0.258. The zero-order valence-electron chi connectivity index (χ0n) is 9.38. The van der Waals surface area contributed by atoms with Crippen LogP contribution in [0, 0.1) is 0 Å². The van der Waals surface area contributed by atoms with Crippen molar-refractivity contribution < 1.29 is 4.79 Å². The first-order valence-corrected chi connectivity index (χ1v) is 5.58. The highest BCUT2D eigenvalue weighted by Crippen LogP contribution is 2.11. The minimum Gasteiger partial charge on any atom is -0.384 e. The fraction of sp³-hybridized carbons (Fsp3) is 0.200. The van der Waals surface area contributed by atoms with E-state index >= 15 is 0 Å². The number of nitrogens with two attached hydrogens (primary N) is 1. The molecule has 94 valence electrons. The molecule has 1 amide bonds. The van der Waals surface area contributed by atoms with Crippen molar-refractivity contribution >= 4 is 23.3 Å². The molecule has 2 heterocycles. The number of anilines is 1. The fourth-order valence-corrected chi connectivity index (χ4v) is 1.60. The Morgan fingerprint density at radius 1 is 1.50 bits per heavy atom. The van der Waals surface area contributed by atoms with Gasteiger partial charge >= 0.3 is 0 Å². The summed E-state index contributed by atoms with van der Waals surface area (Å²) in [5.41, 5.74) is 5.89. The van der Waals surface area contributed by atoms with Crippen LogP contribution in [0.2, 0.25) is 5.15 Å². The van der Waals surface area contributed by atoms with Gasteiger partial charge in [-0.15, -0.1) is 5.10 Å². The molecular weight excluding hydrogens is 256 g/mol. The van der Waals surface area contributed by atoms with E-state index < -0.39 is 0 Å². The maximum absolute atomic E-state index is 11.8. The number of nitrogen functional groups attached to an aromatic ring is 1. The first-order chi connectivity index (χ1) is 8.65. The number of carbonyl (C=O) groups excluding carboxylic acids is 1. The zero-order valence-corrected chi connectivity index (χ0v) is 10.1. The largest absolute Gasteiger partial charge is 0.384 e. The van der Waals surface area contributed by atoms with Gasteiger partial charge in [-0.05, 0) is 12.1 Å². The Hall–Kier alpha value is -2.15. The lowest BCUT2D eigenvalue weighted by Crippen LogP contribution is -2.27. The summed E-state index contributed by atoms with van der Waals surface area (Å²) in [6, 6.07) is 2.93. The maximum atomic E-state index is 11.8. The summed E-state index contributed by atoms with van der Waals surface area (Å²) in [5, 5.41) is 10.4. The van der Waals surface area contributed by atoms with Crippen LogP contribution in [0.25, 0.3) is 0 Å². The topological polar surface area (TPSA) is 98.7 Å². The van der Waals surface area contributed by atoms with Crippen molar-refractivity contribution in [3.05, 3.63) is 35.2 Å². The van der Waals surface area contributed by atoms with E-state index in [9.17, 15) is 4.79 Å². The van der Waals surface area contributed by atoms with Crippen LogP contribution in [0.3, 0.4) is 0 Å². The lowest BCUT2D eigenvalue weighted by Gasteiger charge is -2.06. The van der Waals surface area contributed by atoms with Crippen molar-refractivity contribution in [3.8, 4) is 0 Å². The summed E-state index contributed by atoms with van der Waals surface area (Å²) in [7, 11) is 0. The van der Waals surface area contributed by atoms with Gasteiger partial charge in [-0.3, -0.25) is 9.48 Å². The predicted octanol–water partition coefficient (Wildman–Crippen LogP) is 0.339. The molecule has 0 aliphatic heterocycles. The third-order valence-electron chi connectivity index (χ3n) is 2.17. The summed E-state index contributed by atoms with van der Waals surface area (Å²) in [4.78, 5) is 15.6. The van der Waals surface area contributed by atoms with Crippen LogP contribution < -0.4 is 11.1 Å². The van der Waals surface area contributed by atoms with Gasteiger partial charge in [-0.2, -0.15) is 0 Å². The van der Waals surface area contributed by atoms with Gasteiger partial charge in [0.15, 0.2) is 0 Å². The second kappa shape index (κ2) is 5.46. The highest BCUT2D eigenvalue weighted by atomic mass is 35.5. The number of rotatable bonds is 4. The molecule has 2 aromatic heterocycles. The van der Waals surface area contributed by atoms with Gasteiger partial charge in [-0.1, -0.05) is 16.8 Å². The van der Waals surface area contributed by atoms with E-state index in [1.54, 1.807) is 17.1 Å². The fourth-order valence-electron chi connectivity index (χ4n) is 1.39. The third-order valence-corrected chi connectivity index (χ3v) is 2.37. The van der Waals surface area contributed by atoms with Crippen molar-refractivity contribution in [1.82, 2.24) is 25.3 Å². The maximum Gasteiger partial charge on any atom is 0.251 e. The molecule has 18 heavy (non-hydrogen) atoms. The highest BCUT2D eigenvalue weighted by Gasteiger charge is 2.07. The lowest BCUT2D eigenvalue weighted by atomic mass is 10.2. The van der Waals surface area contributed by atoms with E-state index in [1.807, 2.05) is 0 Å². The Labute approximate surface area is 108 Å². The summed E-state index contributed by atoms with van der Waals surface area (Å²) >= 11 is 5.72. The quantitative estimate of drug-likeness (QED) is 0.778. The van der Waals surface area contributed by atoms with Crippen LogP contribution in [0.15, 0.2) is 24.5 Å². The molecule has 2 rings (SSSR count). The molecule has 0 spiro atoms. The molecule has 0 saturated heterocycles. The summed E-state index contributed by atoms with van der Waals surface area (Å²) < 4.78 is 1.62. The summed E-state index contributed by atoms with van der Waals surface area (Å²) in [5.74, 6) is -0.0463. The average molecular weight is 267 g/mol. The van der Waals surface area contributed by atoms with Crippen molar-refractivity contribution in [3.63, 3.8) is 0 Å². The van der Waals surface area contributed by atoms with E-state index in [0.29, 0.717) is 18.7 Å². The lowest BCUT2D eigenvalue weighted by molar-refractivity contribution is 0.0952. The molecule has 0 saturated carbocycles. The number of hydrogen-bond donors (Lipinski definition) is 2. The number of carbonyl (C=O) groups is 1. The van der Waals surface area contributed by atoms with E-state index in [1.165, 1.54) is 12.1 Å². The van der Waals surface area contributed by atoms with Gasteiger partial charge in [0.2, 0.25) is 0 Å². The molecule has 0 radical (unpaired) electrons. The second-order valence-electron chi connectivity index (χ2n) is 3.53. The smallest absolute Gasteiger partial charge is 0.251 e. The summed E-state index contributed by atoms with van der Waals surface area (Å²) in [6.07, 6.45) is 3.29. The number of aromatic nitrogens is 4. The Bertz CT molecular complexity index is 521. The summed E-state index contributed by atoms with van der Waals surface area (Å²) in [6.45, 7) is 0.974. The van der Waals surface area contributed by atoms with Gasteiger partial charge in [0.05, 0.1) is 12.7 Å². The Morgan fingerprint density at radius 3 is 3.00 bits per heavy atom. The Morgan fingerprint density at radius 2 is 2.33 bits per heavy atom. The molecule has 3 N–H and O–H groups in total. The van der Waals surface area contributed by atoms with Crippen LogP contribution in [0.5, 0.6) is 0 Å². The monoisotopic (exact) mass is 266 g/mol. The molecular formula is C10H11ClN6O. The normalized spacial score (nSPS) is 10.3. The number of halogens is 1. The highest BCUT2D eigenvalue weighted by molar-refractivity contribution is 6.29. The van der Waals surface area contributed by atoms with Crippen LogP contribution in [-0.2, 0) is 6.54 Å². The van der Waals surface area contributed by atoms with Crippen molar-refractivity contribution in [2.75, 3.05) is 12.3 Å². The first-order valence-electron chi connectivity index (χ1n) is 5.20. The standard InChI is InChI=1S/C10H11ClN6O/c11-8-5-7(6-9(12)15-8)10(18)13-1-3-17-4-2-14-16-17/h2,4-6H,1,3H2,(H2,12,15)(H,13,18). The van der Waals surface area contributed by atoms with E-state index in [4.69, 9.17) is 17.3 Å². The van der Waals surface area contributed by atoms with Gasteiger partial charge in [0.25, 0.3) is 5.91 Å². The molecule has 2 aromatic rings. The van der Waals surface area contributed by atoms with Crippen molar-refractivity contribution in [2.24, 2.45) is 0 Å². The number of nitrogens with one attached hydrogen (secondary N) is 1. The van der Waals surface area contributed by atoms with Gasteiger partial charge in [-0.25, -0.2) is 4.98 Å². The number of pyridine rings is 1. The molecule has 0 fully saturated rings. The van der Waals surface area contributed by atoms with Gasteiger partial charge in [0, 0.05) is 18.3 Å². The molecule has 0 unspecified atom stereocenters. The number of nitrogens with zero attached hydrogens (tertiary/aromatic N) is 4. The Balaban J connectivity index is 1.91. The van der Waals surface area contributed by atoms with E-state index in [-0.39, 0.29) is 16.9 Å². The predicted molar refractivity (Wildman–Crippen MR) is 66.0 cm³/mol. The first kappa shape index (κ1) is 12.3. The molecule has 0 atom stereocenters. The van der Waals surface area contributed by atoms with Crippen LogP contribution >= 0.6 is 11.6 Å². The van der Waals surface area contributed by atoms with Crippen LogP contribution in [-0.4, -0.2) is 32.4 Å². The molecule has 0 aliphatic carbocycles. The SMILES string of the molecule is Nc1cc(C(=O)NCCn2ccnn2)cc(Cl)n1. The number of hydrogen-bond acceptors (Lipinski definition) is 5. The molecule has 7 nitrogen and oxygen atoms in total. The van der Waals surface area contributed by atoms with Gasteiger partial charge < -0.3 is 11.1 Å². The van der Waals surface area contributed by atoms with Crippen LogP contribution in [0.4, 0.5) is 5.82 Å². The molecule has 0 bridgehead atoms. The number of amides is 1. The molecule has 0 aromatic carbocycles. The van der Waals surface area contributed by atoms with E-state index in [2.05, 4.69) is 20.6 Å². The van der Waals surface area contributed by atoms with Crippen molar-refractivity contribution in [2.45, 2.75) is 6.54 Å². The average Bonchev–Trinajstić information content (AvgIpc) is 2.80. The van der Waals surface area contributed by atoms with Crippen molar-refractivity contribution in [1.29, 1.82) is 0 Å². The second-order valence-corrected chi connectivity index (χ2v) is 3.91. The minimum absolute atomic E-state index is 0.191. The Kier molecular flexibility index (Phi) is 3.73.